The Labute approximate surface area is 49.4 Å². The van der Waals surface area contributed by atoms with E-state index in [2.05, 4.69) is 5.32 Å². The second kappa shape index (κ2) is 1.25. The minimum Gasteiger partial charge on any atom is -0.326 e. The summed E-state index contributed by atoms with van der Waals surface area (Å²) in [6.45, 7) is 1.97. The molecular formula is C6H11N2. The maximum absolute atomic E-state index is 5.78. The van der Waals surface area contributed by atoms with E-state index in [1.807, 2.05) is 0 Å². The first-order valence-electron chi connectivity index (χ1n) is 3.22. The van der Waals surface area contributed by atoms with Crippen molar-refractivity contribution < 1.29 is 0 Å². The van der Waals surface area contributed by atoms with Gasteiger partial charge in [0.15, 0.2) is 0 Å². The average molecular weight is 111 g/mol. The van der Waals surface area contributed by atoms with Crippen LogP contribution in [-0.2, 0) is 0 Å². The fourth-order valence-corrected chi connectivity index (χ4v) is 1.43. The Morgan fingerprint density at radius 1 is 1.50 bits per heavy atom. The van der Waals surface area contributed by atoms with Gasteiger partial charge in [0.05, 0.1) is 0 Å². The van der Waals surface area contributed by atoms with E-state index in [0.717, 1.165) is 13.1 Å². The molecule has 2 fully saturated rings. The third kappa shape index (κ3) is 0.446. The van der Waals surface area contributed by atoms with Crippen LogP contribution in [0.4, 0.5) is 0 Å². The van der Waals surface area contributed by atoms with Crippen molar-refractivity contribution in [1.29, 1.82) is 0 Å². The number of hydrogen-bond acceptors (Lipinski definition) is 1. The summed E-state index contributed by atoms with van der Waals surface area (Å²) < 4.78 is 0. The van der Waals surface area contributed by atoms with Gasteiger partial charge in [0.25, 0.3) is 0 Å². The van der Waals surface area contributed by atoms with E-state index in [9.17, 15) is 0 Å². The van der Waals surface area contributed by atoms with E-state index in [1.165, 1.54) is 12.8 Å². The molecule has 1 atom stereocenters. The smallest absolute Gasteiger partial charge is 0.0291 e. The van der Waals surface area contributed by atoms with Gasteiger partial charge in [-0.15, -0.1) is 0 Å². The van der Waals surface area contributed by atoms with Gasteiger partial charge in [-0.1, -0.05) is 0 Å². The van der Waals surface area contributed by atoms with E-state index in [1.54, 1.807) is 0 Å². The van der Waals surface area contributed by atoms with Crippen LogP contribution in [0.3, 0.4) is 0 Å². The summed E-state index contributed by atoms with van der Waals surface area (Å²) >= 11 is 0. The monoisotopic (exact) mass is 111 g/mol. The topological polar surface area (TPSA) is 40.1 Å². The summed E-state index contributed by atoms with van der Waals surface area (Å²) in [5.41, 5.74) is 6.30. The molecule has 2 heteroatoms. The zero-order valence-electron chi connectivity index (χ0n) is 4.93. The van der Waals surface area contributed by atoms with E-state index < -0.39 is 0 Å². The Morgan fingerprint density at radius 3 is 2.50 bits per heavy atom. The molecule has 0 aromatic rings. The standard InChI is InChI=1S/C6H11N2/c7-5-3-8-4-6(5)1-2-6/h5H,1-4,7H2. The summed E-state index contributed by atoms with van der Waals surface area (Å²) in [5, 5.41) is 4.25. The van der Waals surface area contributed by atoms with Crippen LogP contribution in [0.15, 0.2) is 0 Å². The average Bonchev–Trinajstić information content (AvgIpc) is 2.39. The van der Waals surface area contributed by atoms with Crippen molar-refractivity contribution in [2.75, 3.05) is 13.1 Å². The lowest BCUT2D eigenvalue weighted by molar-refractivity contribution is 0.498. The number of hydrogen-bond donors (Lipinski definition) is 1. The highest BCUT2D eigenvalue weighted by atomic mass is 15.0. The molecule has 0 aromatic carbocycles. The zero-order valence-corrected chi connectivity index (χ0v) is 4.93. The largest absolute Gasteiger partial charge is 0.326 e. The summed E-state index contributed by atoms with van der Waals surface area (Å²) in [4.78, 5) is 0. The lowest BCUT2D eigenvalue weighted by Crippen LogP contribution is -2.29. The summed E-state index contributed by atoms with van der Waals surface area (Å²) in [5.74, 6) is 0. The van der Waals surface area contributed by atoms with Crippen LogP contribution in [0.2, 0.25) is 0 Å². The van der Waals surface area contributed by atoms with Crippen LogP contribution in [0, 0.1) is 5.41 Å². The van der Waals surface area contributed by atoms with Gasteiger partial charge in [0.2, 0.25) is 0 Å². The summed E-state index contributed by atoms with van der Waals surface area (Å²) in [6, 6.07) is 0.405. The van der Waals surface area contributed by atoms with Gasteiger partial charge in [-0.05, 0) is 12.8 Å². The Kier molecular flexibility index (Phi) is 0.746. The third-order valence-electron chi connectivity index (χ3n) is 2.43. The molecule has 2 aliphatic rings. The molecule has 45 valence electrons. The molecule has 0 bridgehead atoms. The quantitative estimate of drug-likeness (QED) is 0.458. The highest BCUT2D eigenvalue weighted by Crippen LogP contribution is 2.49. The second-order valence-corrected chi connectivity index (χ2v) is 3.03. The second-order valence-electron chi connectivity index (χ2n) is 3.03. The first kappa shape index (κ1) is 4.77. The predicted molar refractivity (Wildman–Crippen MR) is 31.5 cm³/mol. The molecule has 2 rings (SSSR count). The molecule has 1 saturated heterocycles. The minimum atomic E-state index is 0.405. The normalized spacial score (nSPS) is 40.9. The molecule has 1 unspecified atom stereocenters. The van der Waals surface area contributed by atoms with Crippen LogP contribution in [-0.4, -0.2) is 19.1 Å². The van der Waals surface area contributed by atoms with E-state index in [0.29, 0.717) is 11.5 Å². The SMILES string of the molecule is NC1C[N]CC12CC2. The molecule has 1 aliphatic carbocycles. The Balaban J connectivity index is 2.12. The lowest BCUT2D eigenvalue weighted by Gasteiger charge is -2.08. The van der Waals surface area contributed by atoms with Gasteiger partial charge in [0, 0.05) is 24.5 Å². The van der Waals surface area contributed by atoms with Crippen LogP contribution in [0.5, 0.6) is 0 Å². The zero-order chi connectivity index (χ0) is 5.61. The Bertz CT molecular complexity index is 107. The highest BCUT2D eigenvalue weighted by molar-refractivity contribution is 5.07. The Hall–Kier alpha value is -0.0800. The predicted octanol–water partition coefficient (Wildman–Crippen LogP) is -0.288. The maximum Gasteiger partial charge on any atom is 0.0291 e. The highest BCUT2D eigenvalue weighted by Gasteiger charge is 2.50. The minimum absolute atomic E-state index is 0.405. The molecule has 1 spiro atoms. The fourth-order valence-electron chi connectivity index (χ4n) is 1.43. The van der Waals surface area contributed by atoms with Crippen LogP contribution in [0.25, 0.3) is 0 Å². The van der Waals surface area contributed by atoms with Gasteiger partial charge in [-0.25, -0.2) is 5.32 Å². The van der Waals surface area contributed by atoms with Crippen molar-refractivity contribution in [3.8, 4) is 0 Å². The summed E-state index contributed by atoms with van der Waals surface area (Å²) in [6.07, 6.45) is 2.66. The van der Waals surface area contributed by atoms with E-state index in [4.69, 9.17) is 5.73 Å². The fraction of sp³-hybridized carbons (Fsp3) is 1.00. The van der Waals surface area contributed by atoms with Gasteiger partial charge in [0.1, 0.15) is 0 Å². The molecule has 1 radical (unpaired) electrons. The van der Waals surface area contributed by atoms with Crippen molar-refractivity contribution in [3.63, 3.8) is 0 Å². The van der Waals surface area contributed by atoms with Crippen LogP contribution in [0.1, 0.15) is 12.8 Å². The van der Waals surface area contributed by atoms with E-state index in [-0.39, 0.29) is 0 Å². The number of nitrogens with zero attached hydrogens (tertiary/aromatic N) is 1. The molecule has 0 amide bonds. The van der Waals surface area contributed by atoms with Gasteiger partial charge in [-0.3, -0.25) is 0 Å². The Morgan fingerprint density at radius 2 is 2.25 bits per heavy atom. The van der Waals surface area contributed by atoms with Gasteiger partial charge in [-0.2, -0.15) is 0 Å². The van der Waals surface area contributed by atoms with Crippen molar-refractivity contribution in [3.05, 3.63) is 0 Å². The maximum atomic E-state index is 5.78. The van der Waals surface area contributed by atoms with Gasteiger partial charge >= 0.3 is 0 Å². The first-order valence-corrected chi connectivity index (χ1v) is 3.22. The molecular weight excluding hydrogens is 100 g/mol. The van der Waals surface area contributed by atoms with Crippen molar-refractivity contribution in [2.24, 2.45) is 11.1 Å². The third-order valence-corrected chi connectivity index (χ3v) is 2.43. The van der Waals surface area contributed by atoms with Crippen molar-refractivity contribution in [2.45, 2.75) is 18.9 Å². The molecule has 8 heavy (non-hydrogen) atoms. The summed E-state index contributed by atoms with van der Waals surface area (Å²) in [7, 11) is 0. The molecule has 2 nitrogen and oxygen atoms in total. The van der Waals surface area contributed by atoms with Gasteiger partial charge < -0.3 is 5.73 Å². The van der Waals surface area contributed by atoms with E-state index >= 15 is 0 Å². The first-order chi connectivity index (χ1) is 3.83. The van der Waals surface area contributed by atoms with Crippen LogP contribution < -0.4 is 11.1 Å². The number of nitrogens with two attached hydrogens (primary N) is 1. The molecule has 0 aromatic heterocycles. The molecule has 1 aliphatic heterocycles. The number of rotatable bonds is 0. The molecule has 1 saturated carbocycles. The van der Waals surface area contributed by atoms with Crippen molar-refractivity contribution in [1.82, 2.24) is 5.32 Å². The van der Waals surface area contributed by atoms with Crippen molar-refractivity contribution >= 4 is 0 Å². The van der Waals surface area contributed by atoms with Crippen LogP contribution >= 0.6 is 0 Å². The molecule has 1 heterocycles. The lowest BCUT2D eigenvalue weighted by atomic mass is 10.0. The molecule has 2 N–H and O–H groups in total.